The van der Waals surface area contributed by atoms with Crippen LogP contribution in [0.3, 0.4) is 0 Å². The number of carbonyl (C=O) groups is 1. The predicted molar refractivity (Wildman–Crippen MR) is 108 cm³/mol. The molecule has 0 aliphatic heterocycles. The fourth-order valence-corrected chi connectivity index (χ4v) is 2.78. The summed E-state index contributed by atoms with van der Waals surface area (Å²) in [6, 6.07) is 6.20. The Bertz CT molecular complexity index is 963. The van der Waals surface area contributed by atoms with Crippen molar-refractivity contribution in [1.29, 1.82) is 0 Å². The number of rotatable bonds is 8. The normalized spacial score (nSPS) is 15.4. The van der Waals surface area contributed by atoms with Gasteiger partial charge in [-0.3, -0.25) is 4.79 Å². The molecule has 1 N–H and O–H groups in total. The molecule has 1 amide bonds. The van der Waals surface area contributed by atoms with Crippen LogP contribution < -0.4 is 10.1 Å². The van der Waals surface area contributed by atoms with Crippen LogP contribution in [0.4, 0.5) is 13.2 Å². The van der Waals surface area contributed by atoms with Crippen molar-refractivity contribution in [3.05, 3.63) is 41.2 Å². The minimum Gasteiger partial charge on any atom is -0.463 e. The van der Waals surface area contributed by atoms with Crippen LogP contribution in [-0.4, -0.2) is 47.5 Å². The molecule has 7 nitrogen and oxygen atoms in total. The average molecular weight is 457 g/mol. The van der Waals surface area contributed by atoms with Crippen molar-refractivity contribution < 1.29 is 27.5 Å². The van der Waals surface area contributed by atoms with E-state index >= 15 is 0 Å². The third-order valence-corrected chi connectivity index (χ3v) is 4.78. The molecule has 31 heavy (non-hydrogen) atoms. The van der Waals surface area contributed by atoms with Crippen molar-refractivity contribution in [2.45, 2.75) is 32.0 Å². The fraction of sp³-hybridized carbons (Fsp3) is 0.400. The molecule has 3 rings (SSSR count). The van der Waals surface area contributed by atoms with E-state index in [4.69, 9.17) is 21.2 Å². The second-order valence-electron chi connectivity index (χ2n) is 6.94. The second-order valence-corrected chi connectivity index (χ2v) is 7.38. The Morgan fingerprint density at radius 2 is 2.00 bits per heavy atom. The van der Waals surface area contributed by atoms with Crippen LogP contribution in [-0.2, 0) is 4.84 Å². The Morgan fingerprint density at radius 1 is 1.32 bits per heavy atom. The first-order chi connectivity index (χ1) is 14.7. The van der Waals surface area contributed by atoms with Crippen LogP contribution >= 0.6 is 11.6 Å². The van der Waals surface area contributed by atoms with Gasteiger partial charge in [-0.1, -0.05) is 28.9 Å². The molecular weight excluding hydrogens is 437 g/mol. The number of carbonyl (C=O) groups excluding carboxylic acids is 1. The highest BCUT2D eigenvalue weighted by Crippen LogP contribution is 2.32. The summed E-state index contributed by atoms with van der Waals surface area (Å²) < 4.78 is 43.9. The smallest absolute Gasteiger partial charge is 0.425 e. The summed E-state index contributed by atoms with van der Waals surface area (Å²) in [5.41, 5.74) is 1.02. The fourth-order valence-electron chi connectivity index (χ4n) is 2.65. The lowest BCUT2D eigenvalue weighted by Crippen LogP contribution is -2.32. The first-order valence-corrected chi connectivity index (χ1v) is 9.81. The van der Waals surface area contributed by atoms with Crippen LogP contribution in [0.1, 0.15) is 30.3 Å². The van der Waals surface area contributed by atoms with E-state index in [1.54, 1.807) is 24.3 Å². The van der Waals surface area contributed by atoms with Gasteiger partial charge in [-0.2, -0.15) is 13.2 Å². The summed E-state index contributed by atoms with van der Waals surface area (Å²) in [5, 5.41) is 7.04. The number of hydrogen-bond acceptors (Lipinski definition) is 6. The van der Waals surface area contributed by atoms with Crippen molar-refractivity contribution in [2.24, 2.45) is 11.1 Å². The summed E-state index contributed by atoms with van der Waals surface area (Å²) >= 11 is 5.89. The van der Waals surface area contributed by atoms with E-state index in [0.29, 0.717) is 16.3 Å². The largest absolute Gasteiger partial charge is 0.463 e. The number of benzene rings is 1. The number of nitrogens with one attached hydrogen (secondary N) is 1. The molecule has 0 spiro atoms. The highest BCUT2D eigenvalue weighted by Gasteiger charge is 2.39. The maximum Gasteiger partial charge on any atom is 0.425 e. The summed E-state index contributed by atoms with van der Waals surface area (Å²) in [5.74, 6) is -0.624. The van der Waals surface area contributed by atoms with E-state index < -0.39 is 18.2 Å². The standard InChI is InChI=1S/C20H20ClF3N4O3/c1-11(20(22,23)24)31-19-17(13-5-7-14(21)8-6-13)27-16(10-26-19)18(29)25-9-15(28-30-2)12-3-4-12/h5-8,10-12H,3-4,9H2,1-2H3,(H,25,29)/b28-15+/t11-/m0/s1. The minimum absolute atomic E-state index is 0.00612. The molecule has 0 bridgehead atoms. The molecule has 1 saturated carbocycles. The Labute approximate surface area is 181 Å². The van der Waals surface area contributed by atoms with Crippen molar-refractivity contribution in [3.8, 4) is 17.1 Å². The third-order valence-electron chi connectivity index (χ3n) is 4.53. The number of alkyl halides is 3. The zero-order valence-corrected chi connectivity index (χ0v) is 17.5. The molecule has 0 radical (unpaired) electrons. The lowest BCUT2D eigenvalue weighted by atomic mass is 10.1. The molecule has 1 atom stereocenters. The molecule has 1 aromatic carbocycles. The average Bonchev–Trinajstić information content (AvgIpc) is 3.56. The summed E-state index contributed by atoms with van der Waals surface area (Å²) in [7, 11) is 1.43. The Hall–Kier alpha value is -2.88. The first-order valence-electron chi connectivity index (χ1n) is 9.43. The first kappa shape index (κ1) is 22.8. The van der Waals surface area contributed by atoms with Crippen molar-refractivity contribution in [3.63, 3.8) is 0 Å². The molecule has 0 unspecified atom stereocenters. The van der Waals surface area contributed by atoms with E-state index in [1.165, 1.54) is 7.11 Å². The van der Waals surface area contributed by atoms with Crippen LogP contribution in [0.2, 0.25) is 5.02 Å². The lowest BCUT2D eigenvalue weighted by molar-refractivity contribution is -0.189. The highest BCUT2D eigenvalue weighted by atomic mass is 35.5. The van der Waals surface area contributed by atoms with E-state index in [-0.39, 0.29) is 29.7 Å². The van der Waals surface area contributed by atoms with Gasteiger partial charge in [-0.05, 0) is 31.9 Å². The van der Waals surface area contributed by atoms with Gasteiger partial charge in [0.05, 0.1) is 18.5 Å². The molecule has 1 aliphatic carbocycles. The zero-order chi connectivity index (χ0) is 22.6. The van der Waals surface area contributed by atoms with Gasteiger partial charge < -0.3 is 14.9 Å². The molecule has 1 fully saturated rings. The number of oxime groups is 1. The van der Waals surface area contributed by atoms with Gasteiger partial charge in [-0.15, -0.1) is 0 Å². The monoisotopic (exact) mass is 456 g/mol. The summed E-state index contributed by atoms with van der Waals surface area (Å²) in [4.78, 5) is 25.5. The lowest BCUT2D eigenvalue weighted by Gasteiger charge is -2.19. The molecule has 2 aromatic rings. The van der Waals surface area contributed by atoms with Gasteiger partial charge >= 0.3 is 6.18 Å². The SMILES string of the molecule is CO/N=C(\CNC(=O)c1cnc(O[C@@H](C)C(F)(F)F)c(-c2ccc(Cl)cc2)n1)C1CC1. The van der Waals surface area contributed by atoms with Gasteiger partial charge in [0.15, 0.2) is 6.10 Å². The van der Waals surface area contributed by atoms with Crippen LogP contribution in [0.25, 0.3) is 11.3 Å². The van der Waals surface area contributed by atoms with E-state index in [2.05, 4.69) is 20.4 Å². The van der Waals surface area contributed by atoms with Gasteiger partial charge in [0.2, 0.25) is 5.88 Å². The molecular formula is C20H20ClF3N4O3. The third kappa shape index (κ3) is 6.06. The number of aromatic nitrogens is 2. The summed E-state index contributed by atoms with van der Waals surface area (Å²) in [6.45, 7) is 1.03. The van der Waals surface area contributed by atoms with Gasteiger partial charge in [0, 0.05) is 16.5 Å². The number of amides is 1. The molecule has 1 aromatic heterocycles. The minimum atomic E-state index is -4.59. The summed E-state index contributed by atoms with van der Waals surface area (Å²) in [6.07, 6.45) is -3.69. The quantitative estimate of drug-likeness (QED) is 0.473. The maximum atomic E-state index is 13.0. The molecule has 11 heteroatoms. The van der Waals surface area contributed by atoms with E-state index in [0.717, 1.165) is 26.0 Å². The number of nitrogens with zero attached hydrogens (tertiary/aromatic N) is 3. The maximum absolute atomic E-state index is 13.0. The molecule has 0 saturated heterocycles. The van der Waals surface area contributed by atoms with Crippen LogP contribution in [0.5, 0.6) is 5.88 Å². The van der Waals surface area contributed by atoms with Gasteiger partial charge in [-0.25, -0.2) is 9.97 Å². The topological polar surface area (TPSA) is 85.7 Å². The van der Waals surface area contributed by atoms with Gasteiger partial charge in [0.1, 0.15) is 18.5 Å². The van der Waals surface area contributed by atoms with E-state index in [9.17, 15) is 18.0 Å². The zero-order valence-electron chi connectivity index (χ0n) is 16.7. The second kappa shape index (κ2) is 9.51. The Morgan fingerprint density at radius 3 is 2.58 bits per heavy atom. The van der Waals surface area contributed by atoms with Crippen LogP contribution in [0, 0.1) is 5.92 Å². The van der Waals surface area contributed by atoms with Gasteiger partial charge in [0.25, 0.3) is 5.91 Å². The van der Waals surface area contributed by atoms with Crippen molar-refractivity contribution in [1.82, 2.24) is 15.3 Å². The van der Waals surface area contributed by atoms with Crippen molar-refractivity contribution in [2.75, 3.05) is 13.7 Å². The highest BCUT2D eigenvalue weighted by molar-refractivity contribution is 6.30. The predicted octanol–water partition coefficient (Wildman–Crippen LogP) is 4.27. The molecule has 1 aliphatic rings. The number of hydrogen-bond donors (Lipinski definition) is 1. The van der Waals surface area contributed by atoms with Crippen LogP contribution in [0.15, 0.2) is 35.6 Å². The molecule has 166 valence electrons. The van der Waals surface area contributed by atoms with E-state index in [1.807, 2.05) is 0 Å². The molecule has 1 heterocycles. The Balaban J connectivity index is 1.86. The Kier molecular flexibility index (Phi) is 6.99. The number of ether oxygens (including phenoxy) is 1. The van der Waals surface area contributed by atoms with Crippen molar-refractivity contribution >= 4 is 23.2 Å². The number of halogens is 4.